The van der Waals surface area contributed by atoms with E-state index < -0.39 is 6.04 Å². The molecule has 0 aliphatic heterocycles. The second-order valence-electron chi connectivity index (χ2n) is 4.18. The number of aliphatic hydroxyl groups is 1. The minimum Gasteiger partial charge on any atom is -0.394 e. The predicted octanol–water partition coefficient (Wildman–Crippen LogP) is 0.775. The summed E-state index contributed by atoms with van der Waals surface area (Å²) in [5, 5.41) is 16.9. The number of hydrogen-bond donors (Lipinski definition) is 2. The van der Waals surface area contributed by atoms with Crippen molar-refractivity contribution in [3.05, 3.63) is 12.2 Å². The summed E-state index contributed by atoms with van der Waals surface area (Å²) < 4.78 is 2.04. The van der Waals surface area contributed by atoms with Gasteiger partial charge >= 0.3 is 0 Å². The van der Waals surface area contributed by atoms with E-state index in [1.807, 2.05) is 4.57 Å². The van der Waals surface area contributed by atoms with Crippen molar-refractivity contribution in [1.82, 2.24) is 14.8 Å². The lowest BCUT2D eigenvalue weighted by Crippen LogP contribution is -2.23. The van der Waals surface area contributed by atoms with Crippen molar-refractivity contribution in [2.75, 3.05) is 6.61 Å². The Morgan fingerprint density at radius 3 is 2.87 bits per heavy atom. The van der Waals surface area contributed by atoms with Gasteiger partial charge in [-0.2, -0.15) is 0 Å². The molecular formula is C10H18N4O. The molecular weight excluding hydrogens is 192 g/mol. The Morgan fingerprint density at radius 2 is 2.20 bits per heavy atom. The first-order chi connectivity index (χ1) is 7.33. The molecule has 0 saturated heterocycles. The largest absolute Gasteiger partial charge is 0.394 e. The molecule has 1 aromatic heterocycles. The zero-order valence-electron chi connectivity index (χ0n) is 8.84. The normalized spacial score (nSPS) is 20.4. The summed E-state index contributed by atoms with van der Waals surface area (Å²) >= 11 is 0. The van der Waals surface area contributed by atoms with Crippen LogP contribution in [0, 0.1) is 0 Å². The van der Waals surface area contributed by atoms with Crippen LogP contribution in [-0.2, 0) is 0 Å². The van der Waals surface area contributed by atoms with Crippen LogP contribution in [0.3, 0.4) is 0 Å². The van der Waals surface area contributed by atoms with Crippen LogP contribution >= 0.6 is 0 Å². The molecule has 0 radical (unpaired) electrons. The summed E-state index contributed by atoms with van der Waals surface area (Å²) in [6.07, 6.45) is 7.92. The van der Waals surface area contributed by atoms with Gasteiger partial charge in [0.15, 0.2) is 5.82 Å². The summed E-state index contributed by atoms with van der Waals surface area (Å²) in [7, 11) is 0. The van der Waals surface area contributed by atoms with Gasteiger partial charge < -0.3 is 15.4 Å². The molecule has 0 amide bonds. The standard InChI is InChI=1S/C10H18N4O/c11-9(6-15)10-13-12-7-14(10)8-4-2-1-3-5-8/h7-9,15H,1-6,11H2/t9-/m1/s1. The maximum atomic E-state index is 9.02. The summed E-state index contributed by atoms with van der Waals surface area (Å²) in [6, 6.07) is 0.0655. The highest BCUT2D eigenvalue weighted by Crippen LogP contribution is 2.29. The molecule has 0 aromatic carbocycles. The van der Waals surface area contributed by atoms with Crippen LogP contribution in [0.2, 0.25) is 0 Å². The first kappa shape index (κ1) is 10.6. The van der Waals surface area contributed by atoms with E-state index in [9.17, 15) is 0 Å². The molecule has 0 bridgehead atoms. The SMILES string of the molecule is N[C@H](CO)c1nncn1C1CCCCC1. The minimum absolute atomic E-state index is 0.0780. The van der Waals surface area contributed by atoms with E-state index in [1.165, 1.54) is 32.1 Å². The van der Waals surface area contributed by atoms with Crippen LogP contribution in [0.5, 0.6) is 0 Å². The van der Waals surface area contributed by atoms with E-state index in [0.29, 0.717) is 11.9 Å². The lowest BCUT2D eigenvalue weighted by atomic mass is 9.95. The Kier molecular flexibility index (Phi) is 3.33. The van der Waals surface area contributed by atoms with Crippen LogP contribution in [0.4, 0.5) is 0 Å². The van der Waals surface area contributed by atoms with Gasteiger partial charge in [-0.05, 0) is 12.8 Å². The van der Waals surface area contributed by atoms with E-state index in [4.69, 9.17) is 10.8 Å². The highest BCUT2D eigenvalue weighted by Gasteiger charge is 2.21. The second kappa shape index (κ2) is 4.72. The van der Waals surface area contributed by atoms with Crippen LogP contribution < -0.4 is 5.73 Å². The van der Waals surface area contributed by atoms with E-state index in [2.05, 4.69) is 10.2 Å². The number of nitrogens with two attached hydrogens (primary N) is 1. The fraction of sp³-hybridized carbons (Fsp3) is 0.800. The van der Waals surface area contributed by atoms with Crippen molar-refractivity contribution >= 4 is 0 Å². The molecule has 1 aromatic rings. The van der Waals surface area contributed by atoms with Gasteiger partial charge in [-0.15, -0.1) is 10.2 Å². The summed E-state index contributed by atoms with van der Waals surface area (Å²) in [5.41, 5.74) is 5.77. The molecule has 1 aliphatic rings. The summed E-state index contributed by atoms with van der Waals surface area (Å²) in [4.78, 5) is 0. The van der Waals surface area contributed by atoms with Crippen molar-refractivity contribution < 1.29 is 5.11 Å². The summed E-state index contributed by atoms with van der Waals surface area (Å²) in [6.45, 7) is -0.0780. The third-order valence-electron chi connectivity index (χ3n) is 3.10. The molecule has 15 heavy (non-hydrogen) atoms. The topological polar surface area (TPSA) is 77.0 Å². The Bertz CT molecular complexity index is 306. The molecule has 1 atom stereocenters. The van der Waals surface area contributed by atoms with Crippen LogP contribution in [-0.4, -0.2) is 26.5 Å². The highest BCUT2D eigenvalue weighted by atomic mass is 16.3. The van der Waals surface area contributed by atoms with Crippen LogP contribution in [0.25, 0.3) is 0 Å². The van der Waals surface area contributed by atoms with Gasteiger partial charge in [-0.3, -0.25) is 0 Å². The molecule has 84 valence electrons. The second-order valence-corrected chi connectivity index (χ2v) is 4.18. The number of hydrogen-bond acceptors (Lipinski definition) is 4. The van der Waals surface area contributed by atoms with E-state index >= 15 is 0 Å². The minimum atomic E-state index is -0.408. The van der Waals surface area contributed by atoms with E-state index in [0.717, 1.165) is 0 Å². The molecule has 5 heteroatoms. The number of aliphatic hydroxyl groups excluding tert-OH is 1. The van der Waals surface area contributed by atoms with Crippen LogP contribution in [0.1, 0.15) is 50.0 Å². The summed E-state index contributed by atoms with van der Waals surface area (Å²) in [5.74, 6) is 0.712. The van der Waals surface area contributed by atoms with Gasteiger partial charge in [-0.25, -0.2) is 0 Å². The molecule has 3 N–H and O–H groups in total. The van der Waals surface area contributed by atoms with Gasteiger partial charge in [0.25, 0.3) is 0 Å². The predicted molar refractivity (Wildman–Crippen MR) is 56.2 cm³/mol. The van der Waals surface area contributed by atoms with E-state index in [1.54, 1.807) is 6.33 Å². The van der Waals surface area contributed by atoms with Crippen molar-refractivity contribution in [2.45, 2.75) is 44.2 Å². The lowest BCUT2D eigenvalue weighted by molar-refractivity contribution is 0.253. The molecule has 5 nitrogen and oxygen atoms in total. The monoisotopic (exact) mass is 210 g/mol. The zero-order valence-corrected chi connectivity index (χ0v) is 8.84. The maximum absolute atomic E-state index is 9.02. The molecule has 2 rings (SSSR count). The third kappa shape index (κ3) is 2.18. The number of rotatable bonds is 3. The molecule has 1 fully saturated rings. The average molecular weight is 210 g/mol. The third-order valence-corrected chi connectivity index (χ3v) is 3.10. The van der Waals surface area contributed by atoms with Crippen molar-refractivity contribution in [3.8, 4) is 0 Å². The fourth-order valence-corrected chi connectivity index (χ4v) is 2.24. The van der Waals surface area contributed by atoms with Gasteiger partial charge in [-0.1, -0.05) is 19.3 Å². The molecule has 1 saturated carbocycles. The molecule has 1 heterocycles. The quantitative estimate of drug-likeness (QED) is 0.772. The Morgan fingerprint density at radius 1 is 1.47 bits per heavy atom. The maximum Gasteiger partial charge on any atom is 0.152 e. The number of nitrogens with zero attached hydrogens (tertiary/aromatic N) is 3. The van der Waals surface area contributed by atoms with Gasteiger partial charge in [0, 0.05) is 6.04 Å². The van der Waals surface area contributed by atoms with Gasteiger partial charge in [0.2, 0.25) is 0 Å². The Hall–Kier alpha value is -0.940. The Labute approximate surface area is 89.3 Å². The number of aromatic nitrogens is 3. The first-order valence-corrected chi connectivity index (χ1v) is 5.58. The van der Waals surface area contributed by atoms with Gasteiger partial charge in [0.05, 0.1) is 12.6 Å². The first-order valence-electron chi connectivity index (χ1n) is 5.58. The molecule has 1 aliphatic carbocycles. The Balaban J connectivity index is 2.15. The van der Waals surface area contributed by atoms with Crippen molar-refractivity contribution in [1.29, 1.82) is 0 Å². The fourth-order valence-electron chi connectivity index (χ4n) is 2.24. The van der Waals surface area contributed by atoms with Crippen molar-refractivity contribution in [2.24, 2.45) is 5.73 Å². The van der Waals surface area contributed by atoms with Gasteiger partial charge in [0.1, 0.15) is 6.33 Å². The lowest BCUT2D eigenvalue weighted by Gasteiger charge is -2.24. The van der Waals surface area contributed by atoms with E-state index in [-0.39, 0.29) is 6.61 Å². The molecule has 0 unspecified atom stereocenters. The smallest absolute Gasteiger partial charge is 0.152 e. The van der Waals surface area contributed by atoms with Crippen LogP contribution in [0.15, 0.2) is 6.33 Å². The highest BCUT2D eigenvalue weighted by molar-refractivity contribution is 4.96. The average Bonchev–Trinajstić information content (AvgIpc) is 2.78. The van der Waals surface area contributed by atoms with Crippen molar-refractivity contribution in [3.63, 3.8) is 0 Å². The zero-order chi connectivity index (χ0) is 10.7. The molecule has 0 spiro atoms.